The van der Waals surface area contributed by atoms with Gasteiger partial charge in [0.1, 0.15) is 0 Å². The van der Waals surface area contributed by atoms with Gasteiger partial charge in [-0.3, -0.25) is 0 Å². The van der Waals surface area contributed by atoms with Gasteiger partial charge < -0.3 is 9.80 Å². The van der Waals surface area contributed by atoms with Gasteiger partial charge in [0.25, 0.3) is 0 Å². The van der Waals surface area contributed by atoms with Crippen molar-refractivity contribution in [2.24, 2.45) is 0 Å². The largest absolute Gasteiger partial charge is 0.311 e. The van der Waals surface area contributed by atoms with E-state index in [1.165, 1.54) is 82.4 Å². The molecule has 0 unspecified atom stereocenters. The van der Waals surface area contributed by atoms with Crippen LogP contribution in [-0.4, -0.2) is 0 Å². The number of hydrogen-bond acceptors (Lipinski definition) is 2. The average molecular weight is 969 g/mol. The first kappa shape index (κ1) is 45.8. The van der Waals surface area contributed by atoms with Crippen molar-refractivity contribution in [1.82, 2.24) is 0 Å². The lowest BCUT2D eigenvalue weighted by Crippen LogP contribution is -2.09. The van der Waals surface area contributed by atoms with Gasteiger partial charge in [-0.05, 0) is 185 Å². The van der Waals surface area contributed by atoms with Crippen molar-refractivity contribution < 1.29 is 0 Å². The van der Waals surface area contributed by atoms with E-state index in [2.05, 4.69) is 325 Å². The molecule has 0 spiro atoms. The molecule has 0 radical (unpaired) electrons. The fraction of sp³-hybridized carbons (Fsp3) is 0. The molecule has 2 nitrogen and oxygen atoms in total. The van der Waals surface area contributed by atoms with Crippen LogP contribution in [0.25, 0.3) is 89.0 Å². The monoisotopic (exact) mass is 968 g/mol. The van der Waals surface area contributed by atoms with E-state index in [0.29, 0.717) is 0 Å². The summed E-state index contributed by atoms with van der Waals surface area (Å²) in [5.74, 6) is 0. The molecule has 0 saturated heterocycles. The van der Waals surface area contributed by atoms with E-state index in [4.69, 9.17) is 0 Å². The molecule has 0 aliphatic rings. The zero-order valence-corrected chi connectivity index (χ0v) is 41.9. The van der Waals surface area contributed by atoms with Crippen molar-refractivity contribution >= 4 is 78.6 Å². The van der Waals surface area contributed by atoms with Gasteiger partial charge in [-0.15, -0.1) is 0 Å². The molecule has 0 aromatic heterocycles. The third-order valence-corrected chi connectivity index (χ3v) is 14.6. The summed E-state index contributed by atoms with van der Waals surface area (Å²) in [6.07, 6.45) is 4.36. The number of fused-ring (bicyclic) bond motifs is 3. The van der Waals surface area contributed by atoms with Gasteiger partial charge in [0, 0.05) is 34.1 Å². The Labute approximate surface area is 445 Å². The Kier molecular flexibility index (Phi) is 12.3. The zero-order valence-electron chi connectivity index (χ0n) is 41.9. The molecule has 76 heavy (non-hydrogen) atoms. The molecule has 0 bridgehead atoms. The van der Waals surface area contributed by atoms with E-state index in [-0.39, 0.29) is 0 Å². The maximum Gasteiger partial charge on any atom is 0.0462 e. The first-order valence-corrected chi connectivity index (χ1v) is 26.1. The molecule has 13 aromatic rings. The summed E-state index contributed by atoms with van der Waals surface area (Å²) in [5, 5.41) is 7.26. The van der Waals surface area contributed by atoms with Crippen molar-refractivity contribution in [3.63, 3.8) is 0 Å². The SMILES string of the molecule is C(=Cc1cccc(-c2ccc3cc(-c4ccc5c(-c6ccc(N(c7ccccc7)c7ccccc7)cc6)c6ccccc6c(-c6ccc(N(c7ccccc7)c7ccccc7)cc6)c5c4)ccc3c2)c1)c1ccccc1. The van der Waals surface area contributed by atoms with Crippen molar-refractivity contribution in [1.29, 1.82) is 0 Å². The predicted octanol–water partition coefficient (Wildman–Crippen LogP) is 20.9. The molecule has 0 saturated carbocycles. The van der Waals surface area contributed by atoms with E-state index in [1.54, 1.807) is 0 Å². The Bertz CT molecular complexity index is 4090. The van der Waals surface area contributed by atoms with Crippen molar-refractivity contribution in [2.75, 3.05) is 9.80 Å². The minimum atomic E-state index is 1.10. The molecule has 358 valence electrons. The number of nitrogens with zero attached hydrogens (tertiary/aromatic N) is 2. The van der Waals surface area contributed by atoms with E-state index in [1.807, 2.05) is 0 Å². The second-order valence-corrected chi connectivity index (χ2v) is 19.3. The minimum Gasteiger partial charge on any atom is -0.311 e. The van der Waals surface area contributed by atoms with Gasteiger partial charge in [-0.25, -0.2) is 0 Å². The molecule has 13 rings (SSSR count). The molecule has 0 aliphatic heterocycles. The predicted molar refractivity (Wildman–Crippen MR) is 325 cm³/mol. The molecular weight excluding hydrogens is 917 g/mol. The van der Waals surface area contributed by atoms with Crippen LogP contribution < -0.4 is 9.80 Å². The normalized spacial score (nSPS) is 11.4. The number of rotatable bonds is 12. The lowest BCUT2D eigenvalue weighted by molar-refractivity contribution is 1.28. The second kappa shape index (κ2) is 20.5. The van der Waals surface area contributed by atoms with Crippen LogP contribution in [0.1, 0.15) is 11.1 Å². The van der Waals surface area contributed by atoms with Crippen LogP contribution in [0, 0.1) is 0 Å². The summed E-state index contributed by atoms with van der Waals surface area (Å²) in [5.41, 5.74) is 18.5. The van der Waals surface area contributed by atoms with Crippen LogP contribution >= 0.6 is 0 Å². The van der Waals surface area contributed by atoms with Crippen LogP contribution in [0.4, 0.5) is 34.1 Å². The first-order valence-electron chi connectivity index (χ1n) is 26.1. The number of anilines is 6. The fourth-order valence-corrected chi connectivity index (χ4v) is 10.9. The summed E-state index contributed by atoms with van der Waals surface area (Å²) < 4.78 is 0. The van der Waals surface area contributed by atoms with Gasteiger partial charge in [-0.2, -0.15) is 0 Å². The first-order chi connectivity index (χ1) is 37.7. The highest BCUT2D eigenvalue weighted by Gasteiger charge is 2.20. The Morgan fingerprint density at radius 3 is 1.00 bits per heavy atom. The molecule has 0 heterocycles. The van der Waals surface area contributed by atoms with E-state index >= 15 is 0 Å². The van der Waals surface area contributed by atoms with Gasteiger partial charge >= 0.3 is 0 Å². The molecule has 0 N–H and O–H groups in total. The van der Waals surface area contributed by atoms with Crippen LogP contribution in [0.15, 0.2) is 303 Å². The summed E-state index contributed by atoms with van der Waals surface area (Å²) >= 11 is 0. The molecule has 0 fully saturated rings. The van der Waals surface area contributed by atoms with E-state index in [0.717, 1.165) is 39.7 Å². The van der Waals surface area contributed by atoms with Crippen LogP contribution in [0.2, 0.25) is 0 Å². The highest BCUT2D eigenvalue weighted by Crippen LogP contribution is 2.47. The average Bonchev–Trinajstić information content (AvgIpc) is 3.60. The topological polar surface area (TPSA) is 6.48 Å². The molecule has 0 amide bonds. The quantitative estimate of drug-likeness (QED) is 0.0889. The molecule has 2 heteroatoms. The smallest absolute Gasteiger partial charge is 0.0462 e. The molecule has 0 atom stereocenters. The minimum absolute atomic E-state index is 1.10. The van der Waals surface area contributed by atoms with Crippen LogP contribution in [-0.2, 0) is 0 Å². The van der Waals surface area contributed by atoms with Gasteiger partial charge in [0.05, 0.1) is 0 Å². The van der Waals surface area contributed by atoms with E-state index < -0.39 is 0 Å². The fourth-order valence-electron chi connectivity index (χ4n) is 10.9. The van der Waals surface area contributed by atoms with Crippen LogP contribution in [0.5, 0.6) is 0 Å². The lowest BCUT2D eigenvalue weighted by Gasteiger charge is -2.26. The summed E-state index contributed by atoms with van der Waals surface area (Å²) in [4.78, 5) is 4.65. The Morgan fingerprint density at radius 1 is 0.197 bits per heavy atom. The summed E-state index contributed by atoms with van der Waals surface area (Å²) in [6, 6.07) is 110. The van der Waals surface area contributed by atoms with Crippen molar-refractivity contribution in [3.05, 3.63) is 314 Å². The summed E-state index contributed by atoms with van der Waals surface area (Å²) in [6.45, 7) is 0. The van der Waals surface area contributed by atoms with Gasteiger partial charge in [-0.1, -0.05) is 218 Å². The Hall–Kier alpha value is -10.0. The molecular formula is C74H52N2. The van der Waals surface area contributed by atoms with Crippen molar-refractivity contribution in [3.8, 4) is 44.5 Å². The van der Waals surface area contributed by atoms with E-state index in [9.17, 15) is 0 Å². The van der Waals surface area contributed by atoms with Gasteiger partial charge in [0.2, 0.25) is 0 Å². The third-order valence-electron chi connectivity index (χ3n) is 14.6. The number of benzene rings is 13. The Balaban J connectivity index is 0.935. The number of hydrogen-bond donors (Lipinski definition) is 0. The van der Waals surface area contributed by atoms with Crippen molar-refractivity contribution in [2.45, 2.75) is 0 Å². The number of para-hydroxylation sites is 4. The maximum atomic E-state index is 2.43. The maximum absolute atomic E-state index is 2.43. The van der Waals surface area contributed by atoms with Gasteiger partial charge in [0.15, 0.2) is 0 Å². The highest BCUT2D eigenvalue weighted by atomic mass is 15.1. The summed E-state index contributed by atoms with van der Waals surface area (Å²) in [7, 11) is 0. The second-order valence-electron chi connectivity index (χ2n) is 19.3. The highest BCUT2D eigenvalue weighted by molar-refractivity contribution is 6.22. The Morgan fingerprint density at radius 2 is 0.526 bits per heavy atom. The standard InChI is InChI=1S/C74H52N2/c1-6-19-53(20-7-1)33-34-54-21-18-22-57(49-54)58-35-36-60-51-61(38-37-59(60)50-58)62-43-48-71-72(52-62)74(56-41-46-68(47-42-56)76(65-27-12-4-13-28-65)66-29-14-5-15-30-66)70-32-17-16-31-69(70)73(71)55-39-44-67(45-40-55)75(63-23-8-2-9-24-63)64-25-10-3-11-26-64/h1-52H. The lowest BCUT2D eigenvalue weighted by atomic mass is 9.84. The van der Waals surface area contributed by atoms with Crippen LogP contribution in [0.3, 0.4) is 0 Å². The molecule has 0 aliphatic carbocycles. The third kappa shape index (κ3) is 9.10. The molecule has 13 aromatic carbocycles. The zero-order chi connectivity index (χ0) is 50.6.